The Kier molecular flexibility index (Phi) is 3.28. The highest BCUT2D eigenvalue weighted by atomic mass is 16.2. The van der Waals surface area contributed by atoms with E-state index in [2.05, 4.69) is 19.1 Å². The Morgan fingerprint density at radius 3 is 2.21 bits per heavy atom. The zero-order chi connectivity index (χ0) is 17.2. The topological polar surface area (TPSA) is 37.4 Å². The summed E-state index contributed by atoms with van der Waals surface area (Å²) >= 11 is 0. The van der Waals surface area contributed by atoms with Crippen molar-refractivity contribution in [1.82, 2.24) is 0 Å². The first-order chi connectivity index (χ1) is 11.4. The number of allylic oxidation sites excluding steroid dienone is 2. The van der Waals surface area contributed by atoms with Gasteiger partial charge in [-0.1, -0.05) is 36.8 Å². The summed E-state index contributed by atoms with van der Waals surface area (Å²) in [7, 11) is 0. The predicted octanol–water partition coefficient (Wildman–Crippen LogP) is 3.95. The Balaban J connectivity index is 1.71. The van der Waals surface area contributed by atoms with Crippen LogP contribution in [0.4, 0.5) is 5.69 Å². The van der Waals surface area contributed by atoms with Gasteiger partial charge in [0, 0.05) is 5.92 Å². The molecule has 126 valence electrons. The first kappa shape index (κ1) is 15.6. The summed E-state index contributed by atoms with van der Waals surface area (Å²) in [4.78, 5) is 26.6. The van der Waals surface area contributed by atoms with Crippen molar-refractivity contribution in [3.8, 4) is 0 Å². The van der Waals surface area contributed by atoms with Crippen LogP contribution in [0.2, 0.25) is 0 Å². The van der Waals surface area contributed by atoms with Crippen molar-refractivity contribution >= 4 is 18.0 Å². The van der Waals surface area contributed by atoms with Crippen molar-refractivity contribution in [2.24, 2.45) is 29.1 Å². The van der Waals surface area contributed by atoms with Crippen molar-refractivity contribution in [3.63, 3.8) is 0 Å². The largest absolute Gasteiger partial charge is 0.278 e. The summed E-state index contributed by atoms with van der Waals surface area (Å²) in [5.74, 6) is 1.08. The van der Waals surface area contributed by atoms with Crippen LogP contribution in [0.5, 0.6) is 0 Å². The van der Waals surface area contributed by atoms with E-state index in [0.717, 1.165) is 28.8 Å². The van der Waals surface area contributed by atoms with Crippen molar-refractivity contribution in [1.29, 1.82) is 0 Å². The van der Waals surface area contributed by atoms with Crippen LogP contribution in [0.25, 0.3) is 0 Å². The third-order valence-electron chi connectivity index (χ3n) is 6.70. The number of anilines is 1. The second kappa shape index (κ2) is 5.05. The third kappa shape index (κ3) is 1.90. The van der Waals surface area contributed by atoms with Crippen LogP contribution in [0.3, 0.4) is 0 Å². The van der Waals surface area contributed by atoms with Crippen LogP contribution in [0, 0.1) is 49.9 Å². The Hall–Kier alpha value is -1.90. The van der Waals surface area contributed by atoms with Gasteiger partial charge in [0.15, 0.2) is 0 Å². The Bertz CT molecular complexity index is 736. The van der Waals surface area contributed by atoms with Crippen molar-refractivity contribution in [3.05, 3.63) is 41.0 Å². The monoisotopic (exact) mass is 323 g/mol. The molecule has 0 unspecified atom stereocenters. The summed E-state index contributed by atoms with van der Waals surface area (Å²) in [6.45, 7) is 8.18. The molecule has 24 heavy (non-hydrogen) atoms. The molecule has 3 aliphatic carbocycles. The van der Waals surface area contributed by atoms with Crippen LogP contribution in [-0.4, -0.2) is 12.3 Å². The minimum absolute atomic E-state index is 0.0179. The standard InChI is InChI=1S/C21H25NO2/c1-12-9-13(2)19(14(3)10-12)22(11-23)20(24)18-15(4)16-5-6-17(18)21(16)7-8-21/h5-6,9-11,15-18H,7-8H2,1-4H3/t15-,16-,17-,18-/m1/s1. The van der Waals surface area contributed by atoms with Gasteiger partial charge in [-0.05, 0) is 67.9 Å². The average molecular weight is 323 g/mol. The summed E-state index contributed by atoms with van der Waals surface area (Å²) in [5.41, 5.74) is 4.23. The van der Waals surface area contributed by atoms with E-state index in [4.69, 9.17) is 0 Å². The van der Waals surface area contributed by atoms with Crippen LogP contribution >= 0.6 is 0 Å². The summed E-state index contributed by atoms with van der Waals surface area (Å²) < 4.78 is 0. The second-order valence-electron chi connectivity index (χ2n) is 8.12. The molecule has 0 N–H and O–H groups in total. The number of nitrogens with zero attached hydrogens (tertiary/aromatic N) is 1. The number of imide groups is 1. The molecule has 3 heteroatoms. The second-order valence-corrected chi connectivity index (χ2v) is 8.12. The summed E-state index contributed by atoms with van der Waals surface area (Å²) in [6.07, 6.45) is 7.74. The van der Waals surface area contributed by atoms with Crippen LogP contribution in [0.15, 0.2) is 24.3 Å². The maximum Gasteiger partial charge on any atom is 0.237 e. The molecule has 1 spiro atoms. The minimum Gasteiger partial charge on any atom is -0.278 e. The molecular weight excluding hydrogens is 298 g/mol. The fraction of sp³-hybridized carbons (Fsp3) is 0.524. The maximum absolute atomic E-state index is 13.3. The highest BCUT2D eigenvalue weighted by Crippen LogP contribution is 2.72. The Morgan fingerprint density at radius 1 is 1.12 bits per heavy atom. The van der Waals surface area contributed by atoms with Crippen molar-refractivity contribution in [2.75, 3.05) is 4.90 Å². The van der Waals surface area contributed by atoms with Gasteiger partial charge in [-0.3, -0.25) is 14.5 Å². The van der Waals surface area contributed by atoms with E-state index in [1.807, 2.05) is 32.9 Å². The Labute approximate surface area is 143 Å². The van der Waals surface area contributed by atoms with E-state index < -0.39 is 0 Å². The van der Waals surface area contributed by atoms with Gasteiger partial charge >= 0.3 is 0 Å². The van der Waals surface area contributed by atoms with Gasteiger partial charge in [0.2, 0.25) is 12.3 Å². The molecule has 3 nitrogen and oxygen atoms in total. The molecule has 2 bridgehead atoms. The van der Waals surface area contributed by atoms with Gasteiger partial charge in [-0.25, -0.2) is 0 Å². The van der Waals surface area contributed by atoms with Gasteiger partial charge < -0.3 is 0 Å². The molecule has 2 saturated carbocycles. The normalized spacial score (nSPS) is 31.5. The van der Waals surface area contributed by atoms with E-state index in [1.54, 1.807) is 0 Å². The summed E-state index contributed by atoms with van der Waals surface area (Å²) in [6, 6.07) is 4.08. The molecule has 2 amide bonds. The third-order valence-corrected chi connectivity index (χ3v) is 6.70. The zero-order valence-electron chi connectivity index (χ0n) is 14.9. The average Bonchev–Trinajstić information content (AvgIpc) is 3.17. The molecular formula is C21H25NO2. The fourth-order valence-corrected chi connectivity index (χ4v) is 5.69. The number of amides is 2. The summed E-state index contributed by atoms with van der Waals surface area (Å²) in [5, 5.41) is 0. The first-order valence-corrected chi connectivity index (χ1v) is 8.95. The molecule has 2 fully saturated rings. The van der Waals surface area contributed by atoms with Crippen LogP contribution in [0.1, 0.15) is 36.5 Å². The number of carbonyl (C=O) groups is 2. The number of aryl methyl sites for hydroxylation is 3. The fourth-order valence-electron chi connectivity index (χ4n) is 5.69. The minimum atomic E-state index is -0.0622. The number of hydrogen-bond acceptors (Lipinski definition) is 2. The maximum atomic E-state index is 13.3. The van der Waals surface area contributed by atoms with Gasteiger partial charge in [-0.2, -0.15) is 0 Å². The van der Waals surface area contributed by atoms with Gasteiger partial charge in [-0.15, -0.1) is 0 Å². The smallest absolute Gasteiger partial charge is 0.237 e. The lowest BCUT2D eigenvalue weighted by Gasteiger charge is -2.29. The van der Waals surface area contributed by atoms with E-state index in [1.165, 1.54) is 17.7 Å². The number of carbonyl (C=O) groups excluding carboxylic acids is 2. The van der Waals surface area contributed by atoms with E-state index in [0.29, 0.717) is 23.2 Å². The molecule has 0 aliphatic heterocycles. The van der Waals surface area contributed by atoms with Gasteiger partial charge in [0.25, 0.3) is 0 Å². The predicted molar refractivity (Wildman–Crippen MR) is 94.6 cm³/mol. The van der Waals surface area contributed by atoms with Gasteiger partial charge in [0.05, 0.1) is 5.69 Å². The quantitative estimate of drug-likeness (QED) is 0.624. The SMILES string of the molecule is Cc1cc(C)c(N(C=O)C(=O)[C@@H]2[C@H](C)[C@H]3C=C[C@H]2C32CC2)c(C)c1. The molecule has 0 radical (unpaired) electrons. The molecule has 3 aliphatic rings. The number of rotatable bonds is 3. The van der Waals surface area contributed by atoms with E-state index in [9.17, 15) is 9.59 Å². The zero-order valence-corrected chi connectivity index (χ0v) is 14.9. The molecule has 4 atom stereocenters. The van der Waals surface area contributed by atoms with E-state index in [-0.39, 0.29) is 11.8 Å². The van der Waals surface area contributed by atoms with E-state index >= 15 is 0 Å². The highest BCUT2D eigenvalue weighted by molar-refractivity contribution is 6.09. The molecule has 1 aromatic rings. The van der Waals surface area contributed by atoms with Crippen molar-refractivity contribution < 1.29 is 9.59 Å². The highest BCUT2D eigenvalue weighted by Gasteiger charge is 2.67. The molecule has 0 aromatic heterocycles. The molecule has 0 saturated heterocycles. The van der Waals surface area contributed by atoms with Crippen LogP contribution in [-0.2, 0) is 9.59 Å². The lowest BCUT2D eigenvalue weighted by Crippen LogP contribution is -2.40. The lowest BCUT2D eigenvalue weighted by atomic mass is 9.83. The van der Waals surface area contributed by atoms with Gasteiger partial charge in [0.1, 0.15) is 0 Å². The number of hydrogen-bond donors (Lipinski definition) is 0. The Morgan fingerprint density at radius 2 is 1.71 bits per heavy atom. The van der Waals surface area contributed by atoms with Crippen LogP contribution < -0.4 is 4.90 Å². The molecule has 4 rings (SSSR count). The number of benzene rings is 1. The first-order valence-electron chi connectivity index (χ1n) is 8.95. The molecule has 1 aromatic carbocycles. The van der Waals surface area contributed by atoms with Crippen molar-refractivity contribution in [2.45, 2.75) is 40.5 Å². The molecule has 0 heterocycles. The lowest BCUT2D eigenvalue weighted by molar-refractivity contribution is -0.126.